The van der Waals surface area contributed by atoms with Crippen molar-refractivity contribution in [1.29, 1.82) is 0 Å². The molecule has 38 heavy (non-hydrogen) atoms. The fraction of sp³-hybridized carbons (Fsp3) is 0.0270. The molecule has 0 aromatic heterocycles. The molecular weight excluding hydrogens is 460 g/mol. The van der Waals surface area contributed by atoms with Gasteiger partial charge in [-0.05, 0) is 68.8 Å². The Balaban J connectivity index is 1.51. The van der Waals surface area contributed by atoms with Gasteiger partial charge >= 0.3 is 0 Å². The van der Waals surface area contributed by atoms with Crippen molar-refractivity contribution in [2.24, 2.45) is 0 Å². The van der Waals surface area contributed by atoms with Crippen molar-refractivity contribution < 1.29 is 4.74 Å². The molecule has 1 aliphatic carbocycles. The molecule has 8 rings (SSSR count). The molecule has 178 valence electrons. The van der Waals surface area contributed by atoms with Gasteiger partial charge in [-0.15, -0.1) is 0 Å². The van der Waals surface area contributed by atoms with Crippen LogP contribution in [0.2, 0.25) is 0 Å². The average Bonchev–Trinajstić information content (AvgIpc) is 3.28. The predicted octanol–water partition coefficient (Wildman–Crippen LogP) is 9.49. The van der Waals surface area contributed by atoms with Gasteiger partial charge in [0.2, 0.25) is 0 Å². The molecule has 0 unspecified atom stereocenters. The molecule has 2 aliphatic rings. The highest BCUT2D eigenvalue weighted by Crippen LogP contribution is 2.62. The van der Waals surface area contributed by atoms with Crippen LogP contribution in [0.5, 0.6) is 11.5 Å². The van der Waals surface area contributed by atoms with E-state index in [1.54, 1.807) is 0 Å². The van der Waals surface area contributed by atoms with E-state index in [-0.39, 0.29) is 0 Å². The third kappa shape index (κ3) is 2.87. The Morgan fingerprint density at radius 2 is 0.763 bits per heavy atom. The highest BCUT2D eigenvalue weighted by molar-refractivity contribution is 5.91. The van der Waals surface area contributed by atoms with Crippen molar-refractivity contribution in [1.82, 2.24) is 0 Å². The minimum atomic E-state index is -0.480. The first-order valence-electron chi connectivity index (χ1n) is 13.1. The number of benzene rings is 6. The first-order valence-corrected chi connectivity index (χ1v) is 13.1. The van der Waals surface area contributed by atoms with Crippen LogP contribution < -0.4 is 4.74 Å². The number of ether oxygens (including phenoxy) is 1. The fourth-order valence-electron chi connectivity index (χ4n) is 6.52. The zero-order chi connectivity index (χ0) is 25.1. The second-order valence-corrected chi connectivity index (χ2v) is 10.1. The van der Waals surface area contributed by atoms with Gasteiger partial charge in [-0.3, -0.25) is 0 Å². The Hall–Kier alpha value is -4.88. The van der Waals surface area contributed by atoms with E-state index >= 15 is 0 Å². The van der Waals surface area contributed by atoms with Crippen LogP contribution >= 0.6 is 0 Å². The van der Waals surface area contributed by atoms with Crippen LogP contribution in [0.4, 0.5) is 0 Å². The van der Waals surface area contributed by atoms with Gasteiger partial charge in [0.05, 0.1) is 5.41 Å². The van der Waals surface area contributed by atoms with Crippen molar-refractivity contribution in [3.8, 4) is 44.9 Å². The molecular formula is C37H24O. The van der Waals surface area contributed by atoms with E-state index in [4.69, 9.17) is 4.74 Å². The molecule has 0 saturated carbocycles. The smallest absolute Gasteiger partial charge is 0.132 e. The molecule has 6 aromatic carbocycles. The van der Waals surface area contributed by atoms with Crippen LogP contribution in [0, 0.1) is 0 Å². The van der Waals surface area contributed by atoms with Crippen LogP contribution in [0.1, 0.15) is 22.3 Å². The average molecular weight is 485 g/mol. The van der Waals surface area contributed by atoms with Crippen LogP contribution in [0.3, 0.4) is 0 Å². The van der Waals surface area contributed by atoms with Crippen molar-refractivity contribution in [2.45, 2.75) is 5.41 Å². The van der Waals surface area contributed by atoms with E-state index in [2.05, 4.69) is 146 Å². The quantitative estimate of drug-likeness (QED) is 0.237. The maximum absolute atomic E-state index is 6.52. The van der Waals surface area contributed by atoms with Crippen molar-refractivity contribution >= 4 is 0 Å². The molecule has 1 heteroatoms. The van der Waals surface area contributed by atoms with Gasteiger partial charge in [0.25, 0.3) is 0 Å². The molecule has 6 aromatic rings. The van der Waals surface area contributed by atoms with Gasteiger partial charge in [-0.25, -0.2) is 0 Å². The van der Waals surface area contributed by atoms with Crippen LogP contribution in [0.25, 0.3) is 33.4 Å². The zero-order valence-electron chi connectivity index (χ0n) is 20.8. The normalized spacial score (nSPS) is 13.7. The highest BCUT2D eigenvalue weighted by atomic mass is 16.5. The molecule has 1 heterocycles. The Morgan fingerprint density at radius 3 is 1.24 bits per heavy atom. The Labute approximate surface area is 222 Å². The maximum atomic E-state index is 6.52. The molecule has 0 amide bonds. The highest BCUT2D eigenvalue weighted by Gasteiger charge is 2.51. The first kappa shape index (κ1) is 21.2. The number of para-hydroxylation sites is 2. The lowest BCUT2D eigenvalue weighted by molar-refractivity contribution is 0.436. The maximum Gasteiger partial charge on any atom is 0.132 e. The van der Waals surface area contributed by atoms with Crippen molar-refractivity contribution in [2.75, 3.05) is 0 Å². The molecule has 0 bridgehead atoms. The summed E-state index contributed by atoms with van der Waals surface area (Å²) in [6, 6.07) is 52.4. The summed E-state index contributed by atoms with van der Waals surface area (Å²) in [5.41, 5.74) is 12.0. The molecule has 0 atom stereocenters. The van der Waals surface area contributed by atoms with E-state index in [1.807, 2.05) is 0 Å². The lowest BCUT2D eigenvalue weighted by Gasteiger charge is -2.39. The van der Waals surface area contributed by atoms with E-state index < -0.39 is 5.41 Å². The molecule has 1 spiro atoms. The van der Waals surface area contributed by atoms with Crippen molar-refractivity contribution in [3.05, 3.63) is 168 Å². The lowest BCUT2D eigenvalue weighted by atomic mass is 9.65. The summed E-state index contributed by atoms with van der Waals surface area (Å²) in [5, 5.41) is 0. The summed E-state index contributed by atoms with van der Waals surface area (Å²) < 4.78 is 6.52. The van der Waals surface area contributed by atoms with Gasteiger partial charge in [0.1, 0.15) is 11.5 Å². The molecule has 0 radical (unpaired) electrons. The standard InChI is InChI=1S/C37H24O/c1-3-11-25(12-4-1)27-19-21-29-30-22-20-28(26-13-5-2-6-14-26)24-34(30)37(33(29)23-27)31-15-7-9-17-35(31)38-36-18-10-8-16-32(36)37/h1-24H. The van der Waals surface area contributed by atoms with Gasteiger partial charge in [-0.2, -0.15) is 0 Å². The third-order valence-electron chi connectivity index (χ3n) is 8.15. The summed E-state index contributed by atoms with van der Waals surface area (Å²) in [4.78, 5) is 0. The van der Waals surface area contributed by atoms with E-state index in [1.165, 1.54) is 55.6 Å². The van der Waals surface area contributed by atoms with E-state index in [0.29, 0.717) is 0 Å². The number of hydrogen-bond acceptors (Lipinski definition) is 1. The summed E-state index contributed by atoms with van der Waals surface area (Å²) >= 11 is 0. The lowest BCUT2D eigenvalue weighted by Crippen LogP contribution is -2.32. The van der Waals surface area contributed by atoms with Gasteiger partial charge in [0.15, 0.2) is 0 Å². The van der Waals surface area contributed by atoms with Gasteiger partial charge in [-0.1, -0.05) is 121 Å². The minimum absolute atomic E-state index is 0.480. The van der Waals surface area contributed by atoms with E-state index in [0.717, 1.165) is 11.5 Å². The van der Waals surface area contributed by atoms with Gasteiger partial charge < -0.3 is 4.74 Å². The summed E-state index contributed by atoms with van der Waals surface area (Å²) in [5.74, 6) is 1.83. The summed E-state index contributed by atoms with van der Waals surface area (Å²) in [6.07, 6.45) is 0. The Morgan fingerprint density at radius 1 is 0.342 bits per heavy atom. The van der Waals surface area contributed by atoms with Crippen LogP contribution in [0.15, 0.2) is 146 Å². The number of rotatable bonds is 2. The topological polar surface area (TPSA) is 9.23 Å². The fourth-order valence-corrected chi connectivity index (χ4v) is 6.52. The first-order chi connectivity index (χ1) is 18.8. The molecule has 0 saturated heterocycles. The minimum Gasteiger partial charge on any atom is -0.457 e. The van der Waals surface area contributed by atoms with Gasteiger partial charge in [0, 0.05) is 11.1 Å². The molecule has 0 fully saturated rings. The summed E-state index contributed by atoms with van der Waals surface area (Å²) in [6.45, 7) is 0. The number of hydrogen-bond donors (Lipinski definition) is 0. The van der Waals surface area contributed by atoms with Crippen LogP contribution in [-0.2, 0) is 5.41 Å². The van der Waals surface area contributed by atoms with Crippen molar-refractivity contribution in [3.63, 3.8) is 0 Å². The molecule has 1 aliphatic heterocycles. The number of fused-ring (bicyclic) bond motifs is 9. The SMILES string of the molecule is c1ccc(-c2ccc3c(c2)C2(c4ccccc4Oc4ccccc42)c2cc(-c4ccccc4)ccc2-3)cc1. The van der Waals surface area contributed by atoms with E-state index in [9.17, 15) is 0 Å². The largest absolute Gasteiger partial charge is 0.457 e. The molecule has 0 N–H and O–H groups in total. The predicted molar refractivity (Wildman–Crippen MR) is 155 cm³/mol. The van der Waals surface area contributed by atoms with Crippen LogP contribution in [-0.4, -0.2) is 0 Å². The second-order valence-electron chi connectivity index (χ2n) is 10.1. The molecule has 1 nitrogen and oxygen atoms in total. The second kappa shape index (κ2) is 8.06. The third-order valence-corrected chi connectivity index (χ3v) is 8.15. The Kier molecular flexibility index (Phi) is 4.50. The zero-order valence-corrected chi connectivity index (χ0v) is 20.8. The monoisotopic (exact) mass is 484 g/mol. The Bertz CT molecular complexity index is 1700. The summed E-state index contributed by atoms with van der Waals surface area (Å²) in [7, 11) is 0.